The van der Waals surface area contributed by atoms with Gasteiger partial charge in [-0.05, 0) is 31.2 Å². The molecule has 0 spiro atoms. The lowest BCUT2D eigenvalue weighted by Gasteiger charge is -2.10. The van der Waals surface area contributed by atoms with Gasteiger partial charge in [-0.2, -0.15) is 18.3 Å². The first-order chi connectivity index (χ1) is 13.2. The van der Waals surface area contributed by atoms with Crippen LogP contribution < -0.4 is 5.32 Å². The number of aromatic nitrogens is 2. The molecule has 1 aromatic heterocycles. The fraction of sp³-hybridized carbons (Fsp3) is 0.111. The molecule has 144 valence electrons. The summed E-state index contributed by atoms with van der Waals surface area (Å²) in [7, 11) is 0. The van der Waals surface area contributed by atoms with E-state index in [-0.39, 0.29) is 22.6 Å². The Labute approximate surface area is 156 Å². The topological polar surface area (TPSA) is 90.1 Å². The summed E-state index contributed by atoms with van der Waals surface area (Å²) in [6, 6.07) is 9.96. The van der Waals surface area contributed by atoms with Crippen molar-refractivity contribution in [1.29, 1.82) is 0 Å². The standard InChI is InChI=1S/C18H13F3N4O3/c1-11-16(17(26)23-13-5-3-7-15(9-13)25(27)28)10-22-24(11)14-6-2-4-12(8-14)18(19,20)21/h2-10H,1H3,(H,23,26). The van der Waals surface area contributed by atoms with E-state index in [1.807, 2.05) is 0 Å². The Hall–Kier alpha value is -3.69. The molecule has 7 nitrogen and oxygen atoms in total. The summed E-state index contributed by atoms with van der Waals surface area (Å²) in [5.41, 5.74) is -0.199. The van der Waals surface area contributed by atoms with Crippen LogP contribution in [0.4, 0.5) is 24.5 Å². The van der Waals surface area contributed by atoms with Crippen LogP contribution in [0.25, 0.3) is 5.69 Å². The average Bonchev–Trinajstić information content (AvgIpc) is 3.03. The van der Waals surface area contributed by atoms with E-state index < -0.39 is 22.6 Å². The molecular weight excluding hydrogens is 377 g/mol. The number of halogens is 3. The minimum Gasteiger partial charge on any atom is -0.322 e. The maximum atomic E-state index is 12.9. The number of nitrogens with zero attached hydrogens (tertiary/aromatic N) is 3. The normalized spacial score (nSPS) is 11.3. The van der Waals surface area contributed by atoms with Crippen LogP contribution in [-0.2, 0) is 6.18 Å². The molecule has 0 unspecified atom stereocenters. The minimum atomic E-state index is -4.50. The molecular formula is C18H13F3N4O3. The predicted molar refractivity (Wildman–Crippen MR) is 94.4 cm³/mol. The molecule has 0 aliphatic heterocycles. The third kappa shape index (κ3) is 3.85. The molecule has 10 heteroatoms. The van der Waals surface area contributed by atoms with Crippen molar-refractivity contribution in [1.82, 2.24) is 9.78 Å². The predicted octanol–water partition coefficient (Wildman–Crippen LogP) is 4.36. The summed E-state index contributed by atoms with van der Waals surface area (Å²) >= 11 is 0. The van der Waals surface area contributed by atoms with Crippen molar-refractivity contribution in [3.8, 4) is 5.69 Å². The fourth-order valence-corrected chi connectivity index (χ4v) is 2.60. The SMILES string of the molecule is Cc1c(C(=O)Nc2cccc([N+](=O)[O-])c2)cnn1-c1cccc(C(F)(F)F)c1. The van der Waals surface area contributed by atoms with Crippen LogP contribution in [0.3, 0.4) is 0 Å². The molecule has 0 bridgehead atoms. The molecule has 0 radical (unpaired) electrons. The summed E-state index contributed by atoms with van der Waals surface area (Å²) < 4.78 is 39.9. The van der Waals surface area contributed by atoms with Gasteiger partial charge < -0.3 is 5.32 Å². The summed E-state index contributed by atoms with van der Waals surface area (Å²) in [6.07, 6.45) is -3.28. The van der Waals surface area contributed by atoms with Crippen LogP contribution in [0.15, 0.2) is 54.7 Å². The summed E-state index contributed by atoms with van der Waals surface area (Å²) in [6.45, 7) is 1.54. The van der Waals surface area contributed by atoms with E-state index in [0.717, 1.165) is 12.1 Å². The first-order valence-electron chi connectivity index (χ1n) is 7.95. The van der Waals surface area contributed by atoms with Crippen molar-refractivity contribution in [3.05, 3.63) is 81.7 Å². The van der Waals surface area contributed by atoms with Gasteiger partial charge in [0.2, 0.25) is 0 Å². The van der Waals surface area contributed by atoms with Gasteiger partial charge in [0.05, 0.1) is 33.6 Å². The average molecular weight is 390 g/mol. The van der Waals surface area contributed by atoms with E-state index in [1.165, 1.54) is 54.2 Å². The Morgan fingerprint density at radius 1 is 1.18 bits per heavy atom. The molecule has 1 N–H and O–H groups in total. The quantitative estimate of drug-likeness (QED) is 0.529. The number of benzene rings is 2. The van der Waals surface area contributed by atoms with Gasteiger partial charge in [0, 0.05) is 17.8 Å². The molecule has 0 saturated carbocycles. The van der Waals surface area contributed by atoms with Crippen LogP contribution in [0.1, 0.15) is 21.6 Å². The summed E-state index contributed by atoms with van der Waals surface area (Å²) in [5.74, 6) is -0.587. The van der Waals surface area contributed by atoms with E-state index in [1.54, 1.807) is 0 Å². The van der Waals surface area contributed by atoms with Gasteiger partial charge in [0.15, 0.2) is 0 Å². The highest BCUT2D eigenvalue weighted by Gasteiger charge is 2.30. The van der Waals surface area contributed by atoms with E-state index in [4.69, 9.17) is 0 Å². The molecule has 2 aromatic carbocycles. The van der Waals surface area contributed by atoms with Crippen LogP contribution >= 0.6 is 0 Å². The lowest BCUT2D eigenvalue weighted by atomic mass is 10.2. The van der Waals surface area contributed by atoms with Gasteiger partial charge in [-0.15, -0.1) is 0 Å². The highest BCUT2D eigenvalue weighted by atomic mass is 19.4. The monoisotopic (exact) mass is 390 g/mol. The van der Waals surface area contributed by atoms with Crippen LogP contribution in [0.2, 0.25) is 0 Å². The van der Waals surface area contributed by atoms with Crippen molar-refractivity contribution in [2.45, 2.75) is 13.1 Å². The Kier molecular flexibility index (Phi) is 4.87. The van der Waals surface area contributed by atoms with Crippen molar-refractivity contribution in [2.24, 2.45) is 0 Å². The minimum absolute atomic E-state index is 0.129. The molecule has 3 aromatic rings. The number of rotatable bonds is 4. The molecule has 0 atom stereocenters. The second kappa shape index (κ2) is 7.14. The van der Waals surface area contributed by atoms with Gasteiger partial charge in [0.1, 0.15) is 0 Å². The Morgan fingerprint density at radius 2 is 1.89 bits per heavy atom. The first kappa shape index (κ1) is 19.1. The van der Waals surface area contributed by atoms with Gasteiger partial charge in [-0.3, -0.25) is 14.9 Å². The van der Waals surface area contributed by atoms with Crippen molar-refractivity contribution in [2.75, 3.05) is 5.32 Å². The lowest BCUT2D eigenvalue weighted by Crippen LogP contribution is -2.13. The number of nitrogens with one attached hydrogen (secondary N) is 1. The van der Waals surface area contributed by atoms with E-state index in [2.05, 4.69) is 10.4 Å². The number of carbonyl (C=O) groups is 1. The Morgan fingerprint density at radius 3 is 2.57 bits per heavy atom. The summed E-state index contributed by atoms with van der Waals surface area (Å²) in [5, 5.41) is 17.3. The van der Waals surface area contributed by atoms with E-state index >= 15 is 0 Å². The van der Waals surface area contributed by atoms with Crippen molar-refractivity contribution < 1.29 is 22.9 Å². The van der Waals surface area contributed by atoms with Crippen LogP contribution in [-0.4, -0.2) is 20.6 Å². The maximum Gasteiger partial charge on any atom is 0.416 e. The number of anilines is 1. The number of nitro groups is 1. The Balaban J connectivity index is 1.88. The molecule has 1 heterocycles. The van der Waals surface area contributed by atoms with Crippen LogP contribution in [0, 0.1) is 17.0 Å². The van der Waals surface area contributed by atoms with Crippen LogP contribution in [0.5, 0.6) is 0 Å². The third-order valence-electron chi connectivity index (χ3n) is 3.99. The smallest absolute Gasteiger partial charge is 0.322 e. The number of non-ortho nitro benzene ring substituents is 1. The number of alkyl halides is 3. The molecule has 3 rings (SSSR count). The molecule has 0 aliphatic rings. The highest BCUT2D eigenvalue weighted by molar-refractivity contribution is 6.05. The Bertz CT molecular complexity index is 1060. The van der Waals surface area contributed by atoms with Gasteiger partial charge in [-0.1, -0.05) is 12.1 Å². The number of carbonyl (C=O) groups excluding carboxylic acids is 1. The van der Waals surface area contributed by atoms with Gasteiger partial charge in [-0.25, -0.2) is 4.68 Å². The van der Waals surface area contributed by atoms with E-state index in [0.29, 0.717) is 5.69 Å². The second-order valence-electron chi connectivity index (χ2n) is 5.87. The lowest BCUT2D eigenvalue weighted by molar-refractivity contribution is -0.384. The maximum absolute atomic E-state index is 12.9. The highest BCUT2D eigenvalue weighted by Crippen LogP contribution is 2.30. The van der Waals surface area contributed by atoms with Crippen molar-refractivity contribution in [3.63, 3.8) is 0 Å². The first-order valence-corrected chi connectivity index (χ1v) is 7.95. The third-order valence-corrected chi connectivity index (χ3v) is 3.99. The van der Waals surface area contributed by atoms with Crippen molar-refractivity contribution >= 4 is 17.3 Å². The number of hydrogen-bond donors (Lipinski definition) is 1. The van der Waals surface area contributed by atoms with Gasteiger partial charge in [0.25, 0.3) is 11.6 Å². The molecule has 0 saturated heterocycles. The second-order valence-corrected chi connectivity index (χ2v) is 5.87. The molecule has 1 amide bonds. The largest absolute Gasteiger partial charge is 0.416 e. The molecule has 28 heavy (non-hydrogen) atoms. The molecule has 0 fully saturated rings. The summed E-state index contributed by atoms with van der Waals surface area (Å²) in [4.78, 5) is 22.7. The number of amides is 1. The zero-order chi connectivity index (χ0) is 20.5. The fourth-order valence-electron chi connectivity index (χ4n) is 2.60. The zero-order valence-electron chi connectivity index (χ0n) is 14.4. The number of nitro benzene ring substituents is 1. The molecule has 0 aliphatic carbocycles. The number of hydrogen-bond acceptors (Lipinski definition) is 4. The van der Waals surface area contributed by atoms with E-state index in [9.17, 15) is 28.1 Å². The van der Waals surface area contributed by atoms with Gasteiger partial charge >= 0.3 is 6.18 Å². The zero-order valence-corrected chi connectivity index (χ0v) is 14.4.